The molecule has 0 bridgehead atoms. The van der Waals surface area contributed by atoms with Gasteiger partial charge in [0, 0.05) is 55.6 Å². The third-order valence-corrected chi connectivity index (χ3v) is 9.24. The molecule has 3 heterocycles. The van der Waals surface area contributed by atoms with Crippen molar-refractivity contribution in [2.75, 3.05) is 31.8 Å². The summed E-state index contributed by atoms with van der Waals surface area (Å²) in [5, 5.41) is 17.4. The number of cyclic esters (lactones) is 1. The van der Waals surface area contributed by atoms with Crippen molar-refractivity contribution in [3.63, 3.8) is 0 Å². The van der Waals surface area contributed by atoms with Gasteiger partial charge in [0.1, 0.15) is 18.5 Å². The molecule has 1 unspecified atom stereocenters. The number of nitrogens with zero attached hydrogens (tertiary/aromatic N) is 4. The van der Waals surface area contributed by atoms with Crippen LogP contribution in [0.4, 0.5) is 10.5 Å². The van der Waals surface area contributed by atoms with Crippen molar-refractivity contribution >= 4 is 20.1 Å². The second-order valence-electron chi connectivity index (χ2n) is 9.58. The van der Waals surface area contributed by atoms with Gasteiger partial charge in [0.2, 0.25) is 0 Å². The van der Waals surface area contributed by atoms with Gasteiger partial charge in [-0.15, -0.1) is 5.10 Å². The number of carbonyl (C=O) groups is 1. The Hall–Kier alpha value is -2.47. The van der Waals surface area contributed by atoms with E-state index in [2.05, 4.69) is 17.2 Å². The molecule has 34 heavy (non-hydrogen) atoms. The lowest BCUT2D eigenvalue weighted by Crippen LogP contribution is -2.48. The smallest absolute Gasteiger partial charge is 0.414 e. The van der Waals surface area contributed by atoms with Crippen molar-refractivity contribution < 1.29 is 28.9 Å². The van der Waals surface area contributed by atoms with Gasteiger partial charge >= 0.3 is 6.09 Å². The van der Waals surface area contributed by atoms with Gasteiger partial charge in [0.05, 0.1) is 18.3 Å². The number of aliphatic hydroxyl groups excluding tert-OH is 1. The quantitative estimate of drug-likeness (QED) is 0.515. The Balaban J connectivity index is 1.57. The van der Waals surface area contributed by atoms with Gasteiger partial charge in [-0.05, 0) is 37.7 Å². The molecule has 186 valence electrons. The van der Waals surface area contributed by atoms with Crippen LogP contribution in [0.2, 0.25) is 18.6 Å². The van der Waals surface area contributed by atoms with E-state index in [-0.39, 0.29) is 36.4 Å². The van der Waals surface area contributed by atoms with Gasteiger partial charge in [-0.25, -0.2) is 4.79 Å². The van der Waals surface area contributed by atoms with Crippen LogP contribution in [0, 0.1) is 5.92 Å². The van der Waals surface area contributed by atoms with Gasteiger partial charge in [0.15, 0.2) is 8.32 Å². The van der Waals surface area contributed by atoms with Crippen LogP contribution in [0.25, 0.3) is 0 Å². The minimum Gasteiger partial charge on any atom is -0.490 e. The van der Waals surface area contributed by atoms with E-state index in [9.17, 15) is 9.59 Å². The molecule has 4 atom stereocenters. The Morgan fingerprint density at radius 2 is 2.15 bits per heavy atom. The van der Waals surface area contributed by atoms with E-state index < -0.39 is 8.32 Å². The summed E-state index contributed by atoms with van der Waals surface area (Å²) in [5.74, 6) is 0.684. The molecule has 0 spiro atoms. The molecular weight excluding hydrogens is 456 g/mol. The number of hydrogen-bond donors (Lipinski definition) is 2. The number of amides is 1. The van der Waals surface area contributed by atoms with Crippen molar-refractivity contribution in [2.24, 2.45) is 5.92 Å². The molecule has 11 heteroatoms. The number of benzene rings is 1. The van der Waals surface area contributed by atoms with Crippen LogP contribution in [-0.2, 0) is 22.4 Å². The van der Waals surface area contributed by atoms with Crippen molar-refractivity contribution in [3.05, 3.63) is 35.7 Å². The second-order valence-corrected chi connectivity index (χ2v) is 13.6. The molecule has 1 fully saturated rings. The minimum atomic E-state index is -2.63. The number of aromatic nitrogens is 3. The van der Waals surface area contributed by atoms with E-state index in [1.165, 1.54) is 0 Å². The number of carbonyl (C=O) groups excluding carboxylic acids is 1. The molecule has 4 rings (SSSR count). The molecule has 10 nitrogen and oxygen atoms in total. The lowest BCUT2D eigenvalue weighted by molar-refractivity contribution is -0.0247. The van der Waals surface area contributed by atoms with Crippen LogP contribution in [0.1, 0.15) is 30.7 Å². The van der Waals surface area contributed by atoms with Crippen LogP contribution in [0.3, 0.4) is 0 Å². The topological polar surface area (TPSA) is 119 Å². The van der Waals surface area contributed by atoms with Crippen LogP contribution in [-0.4, -0.2) is 72.3 Å². The van der Waals surface area contributed by atoms with E-state index in [4.69, 9.17) is 19.3 Å². The van der Waals surface area contributed by atoms with Crippen molar-refractivity contribution in [2.45, 2.75) is 57.2 Å². The molecule has 2 N–H and O–H groups in total. The van der Waals surface area contributed by atoms with Crippen molar-refractivity contribution in [1.29, 1.82) is 0 Å². The molecule has 2 aliphatic rings. The third kappa shape index (κ3) is 4.97. The molecule has 1 aromatic heterocycles. The first-order valence-electron chi connectivity index (χ1n) is 11.7. The lowest BCUT2D eigenvalue weighted by Gasteiger charge is -2.44. The van der Waals surface area contributed by atoms with Gasteiger partial charge in [-0.2, -0.15) is 0 Å². The molecule has 2 aromatic rings. The Labute approximate surface area is 200 Å². The summed E-state index contributed by atoms with van der Waals surface area (Å²) >= 11 is 0. The first-order valence-corrected chi connectivity index (χ1v) is 14.7. The maximum Gasteiger partial charge on any atom is 0.414 e. The number of fused-ring (bicyclic) bond motifs is 1. The zero-order valence-corrected chi connectivity index (χ0v) is 21.2. The maximum atomic E-state index is 12.0. The first kappa shape index (κ1) is 24.6. The zero-order valence-electron chi connectivity index (χ0n) is 20.2. The summed E-state index contributed by atoms with van der Waals surface area (Å²) < 4.78 is 19.3. The highest BCUT2D eigenvalue weighted by atomic mass is 28.4. The highest BCUT2D eigenvalue weighted by Gasteiger charge is 2.46. The third-order valence-electron chi connectivity index (χ3n) is 6.81. The van der Waals surface area contributed by atoms with Crippen LogP contribution < -0.4 is 9.64 Å². The van der Waals surface area contributed by atoms with Gasteiger partial charge in [-0.1, -0.05) is 12.1 Å². The van der Waals surface area contributed by atoms with E-state index in [0.717, 1.165) is 16.9 Å². The summed E-state index contributed by atoms with van der Waals surface area (Å²) in [7, 11) is -0.955. The van der Waals surface area contributed by atoms with E-state index >= 15 is 0 Å². The standard InChI is InChI=1S/C23H34N4O6Si/c1-15-21(31-2)18-13-17(27-10-12-32-23(27)29)5-6-19(18)33-22(15)20(34(3,4)30)7-9-26-14-16(8-11-28)24-25-26/h5-6,13-15,20-22,28,30H,7-12H2,1-4H3/t15-,20?,21-,22-/m1/s1. The Kier molecular flexibility index (Phi) is 7.27. The number of ether oxygens (including phenoxy) is 3. The van der Waals surface area contributed by atoms with E-state index in [1.807, 2.05) is 37.5 Å². The second kappa shape index (κ2) is 10.0. The predicted octanol–water partition coefficient (Wildman–Crippen LogP) is 2.51. The summed E-state index contributed by atoms with van der Waals surface area (Å²) in [4.78, 5) is 24.9. The Morgan fingerprint density at radius 3 is 2.79 bits per heavy atom. The van der Waals surface area contributed by atoms with Crippen LogP contribution in [0.5, 0.6) is 5.75 Å². The highest BCUT2D eigenvalue weighted by molar-refractivity contribution is 6.71. The van der Waals surface area contributed by atoms with Gasteiger partial charge < -0.3 is 24.1 Å². The Bertz CT molecular complexity index is 1010. The SMILES string of the molecule is CO[C@H]1c2cc(N3CCOC3=O)ccc2O[C@@H](C(CCn2cc(CCO)nn2)[Si](C)(C)O)[C@@H]1C. The molecular formula is C23H34N4O6Si. The number of anilines is 1. The summed E-state index contributed by atoms with van der Waals surface area (Å²) in [5.41, 5.74) is 2.32. The monoisotopic (exact) mass is 490 g/mol. The number of aryl methyl sites for hydroxylation is 1. The van der Waals surface area contributed by atoms with Crippen molar-refractivity contribution in [1.82, 2.24) is 15.0 Å². The largest absolute Gasteiger partial charge is 0.490 e. The minimum absolute atomic E-state index is 0.0251. The number of methoxy groups -OCH3 is 1. The molecule has 1 amide bonds. The summed E-state index contributed by atoms with van der Waals surface area (Å²) in [6.07, 6.45) is 2.15. The zero-order chi connectivity index (χ0) is 24.5. The summed E-state index contributed by atoms with van der Waals surface area (Å²) in [6, 6.07) is 5.68. The normalized spacial score (nSPS) is 23.4. The summed E-state index contributed by atoms with van der Waals surface area (Å²) in [6.45, 7) is 7.47. The number of hydrogen-bond acceptors (Lipinski definition) is 8. The average Bonchev–Trinajstić information content (AvgIpc) is 3.42. The van der Waals surface area contributed by atoms with Gasteiger partial charge in [0.25, 0.3) is 0 Å². The number of aliphatic hydroxyl groups is 1. The predicted molar refractivity (Wildman–Crippen MR) is 127 cm³/mol. The maximum absolute atomic E-state index is 12.0. The molecule has 0 aliphatic carbocycles. The lowest BCUT2D eigenvalue weighted by atomic mass is 9.86. The molecule has 1 aromatic carbocycles. The van der Waals surface area contributed by atoms with Crippen LogP contribution >= 0.6 is 0 Å². The average molecular weight is 491 g/mol. The van der Waals surface area contributed by atoms with Crippen LogP contribution in [0.15, 0.2) is 24.4 Å². The Morgan fingerprint density at radius 1 is 1.35 bits per heavy atom. The fraction of sp³-hybridized carbons (Fsp3) is 0.609. The van der Waals surface area contributed by atoms with E-state index in [0.29, 0.717) is 38.3 Å². The first-order chi connectivity index (χ1) is 16.2. The fourth-order valence-electron chi connectivity index (χ4n) is 5.03. The molecule has 2 aliphatic heterocycles. The fourth-order valence-corrected chi connectivity index (χ4v) is 7.04. The van der Waals surface area contributed by atoms with Gasteiger partial charge in [-0.3, -0.25) is 9.58 Å². The highest BCUT2D eigenvalue weighted by Crippen LogP contribution is 2.47. The van der Waals surface area contributed by atoms with Crippen molar-refractivity contribution in [3.8, 4) is 5.75 Å². The number of rotatable bonds is 9. The molecule has 0 saturated carbocycles. The molecule has 1 saturated heterocycles. The van der Waals surface area contributed by atoms with E-state index in [1.54, 1.807) is 16.7 Å². The molecule has 0 radical (unpaired) electrons.